The Bertz CT molecular complexity index is 751. The summed E-state index contributed by atoms with van der Waals surface area (Å²) in [6.45, 7) is 3.75. The molecule has 138 valence electrons. The summed E-state index contributed by atoms with van der Waals surface area (Å²) in [4.78, 5) is 26.2. The van der Waals surface area contributed by atoms with Crippen molar-refractivity contribution in [1.29, 1.82) is 0 Å². The summed E-state index contributed by atoms with van der Waals surface area (Å²) in [6, 6.07) is 12.0. The molecule has 0 saturated carbocycles. The Kier molecular flexibility index (Phi) is 6.06. The van der Waals surface area contributed by atoms with E-state index in [4.69, 9.17) is 5.73 Å². The van der Waals surface area contributed by atoms with Crippen LogP contribution in [-0.4, -0.2) is 35.8 Å². The molecule has 0 bridgehead atoms. The van der Waals surface area contributed by atoms with Crippen LogP contribution in [-0.2, 0) is 11.2 Å². The molecular formula is C20H25N3O2S. The highest BCUT2D eigenvalue weighted by atomic mass is 32.1. The SMILES string of the molecule is CC(C(=O)Nc1sccc1C(N)=O)N1CCC(Cc2ccccc2)CC1. The molecule has 0 radical (unpaired) electrons. The van der Waals surface area contributed by atoms with Crippen LogP contribution in [0.15, 0.2) is 41.8 Å². The number of carbonyl (C=O) groups excluding carboxylic acids is 2. The summed E-state index contributed by atoms with van der Waals surface area (Å²) in [5.41, 5.74) is 7.09. The number of benzene rings is 1. The first-order valence-electron chi connectivity index (χ1n) is 9.00. The fourth-order valence-electron chi connectivity index (χ4n) is 3.47. The van der Waals surface area contributed by atoms with E-state index < -0.39 is 5.91 Å². The zero-order chi connectivity index (χ0) is 18.5. The number of rotatable bonds is 6. The van der Waals surface area contributed by atoms with Crippen LogP contribution in [0.3, 0.4) is 0 Å². The lowest BCUT2D eigenvalue weighted by Gasteiger charge is -2.35. The number of nitrogens with zero attached hydrogens (tertiary/aromatic N) is 1. The number of nitrogens with two attached hydrogens (primary N) is 1. The molecule has 1 aromatic carbocycles. The summed E-state index contributed by atoms with van der Waals surface area (Å²) in [5.74, 6) is 0.0649. The topological polar surface area (TPSA) is 75.4 Å². The number of primary amides is 1. The van der Waals surface area contributed by atoms with Gasteiger partial charge in [0.2, 0.25) is 5.91 Å². The van der Waals surface area contributed by atoms with E-state index in [9.17, 15) is 9.59 Å². The Morgan fingerprint density at radius 1 is 1.23 bits per heavy atom. The molecule has 1 saturated heterocycles. The molecule has 3 rings (SSSR count). The fraction of sp³-hybridized carbons (Fsp3) is 0.400. The van der Waals surface area contributed by atoms with Crippen molar-refractivity contribution in [2.45, 2.75) is 32.2 Å². The molecule has 1 fully saturated rings. The lowest BCUT2D eigenvalue weighted by atomic mass is 9.89. The van der Waals surface area contributed by atoms with Gasteiger partial charge in [0.25, 0.3) is 5.91 Å². The number of piperidine rings is 1. The van der Waals surface area contributed by atoms with E-state index in [0.29, 0.717) is 16.5 Å². The predicted octanol–water partition coefficient (Wildman–Crippen LogP) is 3.13. The van der Waals surface area contributed by atoms with Gasteiger partial charge in [0.1, 0.15) is 5.00 Å². The number of likely N-dealkylation sites (tertiary alicyclic amines) is 1. The van der Waals surface area contributed by atoms with Crippen molar-refractivity contribution in [2.75, 3.05) is 18.4 Å². The Morgan fingerprint density at radius 3 is 2.58 bits per heavy atom. The molecule has 5 nitrogen and oxygen atoms in total. The zero-order valence-electron chi connectivity index (χ0n) is 15.0. The van der Waals surface area contributed by atoms with Crippen molar-refractivity contribution in [3.63, 3.8) is 0 Å². The molecule has 0 aliphatic carbocycles. The van der Waals surface area contributed by atoms with Crippen molar-refractivity contribution in [1.82, 2.24) is 4.90 Å². The van der Waals surface area contributed by atoms with E-state index >= 15 is 0 Å². The predicted molar refractivity (Wildman–Crippen MR) is 105 cm³/mol. The molecule has 2 aromatic rings. The number of hydrogen-bond acceptors (Lipinski definition) is 4. The maximum absolute atomic E-state index is 12.6. The molecule has 6 heteroatoms. The largest absolute Gasteiger partial charge is 0.366 e. The van der Waals surface area contributed by atoms with E-state index in [1.807, 2.05) is 13.0 Å². The number of amides is 2. The van der Waals surface area contributed by atoms with Crippen LogP contribution in [0.5, 0.6) is 0 Å². The van der Waals surface area contributed by atoms with Gasteiger partial charge in [-0.3, -0.25) is 14.5 Å². The van der Waals surface area contributed by atoms with Gasteiger partial charge in [0.05, 0.1) is 11.6 Å². The molecule has 0 spiro atoms. The average Bonchev–Trinajstić information content (AvgIpc) is 3.11. The van der Waals surface area contributed by atoms with Crippen LogP contribution >= 0.6 is 11.3 Å². The minimum atomic E-state index is -0.518. The van der Waals surface area contributed by atoms with E-state index in [0.717, 1.165) is 32.4 Å². The molecule has 1 unspecified atom stereocenters. The van der Waals surface area contributed by atoms with E-state index in [1.54, 1.807) is 11.4 Å². The number of anilines is 1. The molecule has 1 aromatic heterocycles. The highest BCUT2D eigenvalue weighted by Crippen LogP contribution is 2.25. The summed E-state index contributed by atoms with van der Waals surface area (Å²) in [5, 5.41) is 5.15. The fourth-order valence-corrected chi connectivity index (χ4v) is 4.27. The number of carbonyl (C=O) groups is 2. The van der Waals surface area contributed by atoms with E-state index in [2.05, 4.69) is 34.5 Å². The molecular weight excluding hydrogens is 346 g/mol. The maximum atomic E-state index is 12.6. The lowest BCUT2D eigenvalue weighted by molar-refractivity contribution is -0.121. The minimum absolute atomic E-state index is 0.0866. The Hall–Kier alpha value is -2.18. The lowest BCUT2D eigenvalue weighted by Crippen LogP contribution is -2.46. The standard InChI is InChI=1S/C20H25N3O2S/c1-14(19(25)22-20-17(18(21)24)9-12-26-20)23-10-7-16(8-11-23)13-15-5-3-2-4-6-15/h2-6,9,12,14,16H,7-8,10-11,13H2,1H3,(H2,21,24)(H,22,25). The molecule has 3 N–H and O–H groups in total. The third-order valence-corrected chi connectivity index (χ3v) is 5.94. The number of thiophene rings is 1. The Labute approximate surface area is 158 Å². The summed E-state index contributed by atoms with van der Waals surface area (Å²) >= 11 is 1.32. The van der Waals surface area contributed by atoms with Gasteiger partial charge in [0.15, 0.2) is 0 Å². The van der Waals surface area contributed by atoms with Crippen LogP contribution in [0.2, 0.25) is 0 Å². The van der Waals surface area contributed by atoms with E-state index in [-0.39, 0.29) is 11.9 Å². The quantitative estimate of drug-likeness (QED) is 0.819. The Morgan fingerprint density at radius 2 is 1.92 bits per heavy atom. The number of hydrogen-bond donors (Lipinski definition) is 2. The third kappa shape index (κ3) is 4.51. The second-order valence-corrected chi connectivity index (χ2v) is 7.78. The van der Waals surface area contributed by atoms with Gasteiger partial charge in [-0.1, -0.05) is 30.3 Å². The van der Waals surface area contributed by atoms with Gasteiger partial charge < -0.3 is 11.1 Å². The first-order valence-corrected chi connectivity index (χ1v) is 9.88. The van der Waals surface area contributed by atoms with Crippen LogP contribution in [0.4, 0.5) is 5.00 Å². The number of nitrogens with one attached hydrogen (secondary N) is 1. The normalized spacial score (nSPS) is 17.0. The summed E-state index contributed by atoms with van der Waals surface area (Å²) < 4.78 is 0. The molecule has 2 amide bonds. The zero-order valence-corrected chi connectivity index (χ0v) is 15.8. The van der Waals surface area contributed by atoms with Gasteiger partial charge in [-0.15, -0.1) is 11.3 Å². The summed E-state index contributed by atoms with van der Waals surface area (Å²) in [7, 11) is 0. The van der Waals surface area contributed by atoms with Crippen LogP contribution < -0.4 is 11.1 Å². The van der Waals surface area contributed by atoms with Crippen molar-refractivity contribution in [3.05, 3.63) is 52.9 Å². The molecule has 26 heavy (non-hydrogen) atoms. The van der Waals surface area contributed by atoms with Crippen LogP contribution in [0, 0.1) is 5.92 Å². The maximum Gasteiger partial charge on any atom is 0.251 e. The second-order valence-electron chi connectivity index (χ2n) is 6.86. The van der Waals surface area contributed by atoms with Crippen molar-refractivity contribution in [2.24, 2.45) is 11.7 Å². The highest BCUT2D eigenvalue weighted by Gasteiger charge is 2.27. The molecule has 1 aliphatic rings. The first-order chi connectivity index (χ1) is 12.5. The Balaban J connectivity index is 1.51. The van der Waals surface area contributed by atoms with Gasteiger partial charge in [-0.05, 0) is 62.2 Å². The third-order valence-electron chi connectivity index (χ3n) is 5.11. The summed E-state index contributed by atoms with van der Waals surface area (Å²) in [6.07, 6.45) is 3.29. The van der Waals surface area contributed by atoms with Crippen LogP contribution in [0.1, 0.15) is 35.7 Å². The monoisotopic (exact) mass is 371 g/mol. The average molecular weight is 372 g/mol. The minimum Gasteiger partial charge on any atom is -0.366 e. The van der Waals surface area contributed by atoms with Crippen molar-refractivity contribution < 1.29 is 9.59 Å². The smallest absolute Gasteiger partial charge is 0.251 e. The van der Waals surface area contributed by atoms with Crippen molar-refractivity contribution >= 4 is 28.2 Å². The molecule has 1 atom stereocenters. The molecule has 1 aliphatic heterocycles. The highest BCUT2D eigenvalue weighted by molar-refractivity contribution is 7.14. The van der Waals surface area contributed by atoms with Crippen LogP contribution in [0.25, 0.3) is 0 Å². The second kappa shape index (κ2) is 8.47. The van der Waals surface area contributed by atoms with Gasteiger partial charge in [0, 0.05) is 0 Å². The van der Waals surface area contributed by atoms with E-state index in [1.165, 1.54) is 16.9 Å². The van der Waals surface area contributed by atoms with Gasteiger partial charge in [-0.2, -0.15) is 0 Å². The molecule has 2 heterocycles. The van der Waals surface area contributed by atoms with Gasteiger partial charge >= 0.3 is 0 Å². The first kappa shape index (κ1) is 18.6. The van der Waals surface area contributed by atoms with Gasteiger partial charge in [-0.25, -0.2) is 0 Å². The van der Waals surface area contributed by atoms with Crippen molar-refractivity contribution in [3.8, 4) is 0 Å².